The molecule has 0 aliphatic carbocycles. The number of hydrogen-bond acceptors (Lipinski definition) is 3. The van der Waals surface area contributed by atoms with E-state index in [4.69, 9.17) is 9.47 Å². The highest BCUT2D eigenvalue weighted by molar-refractivity contribution is 9.10. The smallest absolute Gasteiger partial charge is 0.254 e. The van der Waals surface area contributed by atoms with Crippen molar-refractivity contribution in [2.75, 3.05) is 21.3 Å². The molecular weight excluding hydrogens is 384 g/mol. The second-order valence-corrected chi connectivity index (χ2v) is 5.90. The zero-order chi connectivity index (χ0) is 17.9. The van der Waals surface area contributed by atoms with Gasteiger partial charge in [-0.2, -0.15) is 0 Å². The Morgan fingerprint density at radius 3 is 2.17 bits per heavy atom. The van der Waals surface area contributed by atoms with Crippen LogP contribution in [0.5, 0.6) is 11.5 Å². The molecule has 2 rings (SSSR count). The zero-order valence-corrected chi connectivity index (χ0v) is 15.0. The van der Waals surface area contributed by atoms with E-state index in [1.807, 2.05) is 0 Å². The molecule has 7 heteroatoms. The third kappa shape index (κ3) is 3.84. The van der Waals surface area contributed by atoms with Crippen molar-refractivity contribution in [1.82, 2.24) is 4.90 Å². The van der Waals surface area contributed by atoms with Gasteiger partial charge in [0, 0.05) is 19.2 Å². The summed E-state index contributed by atoms with van der Waals surface area (Å²) in [6.45, 7) is 0.136. The molecule has 0 atom stereocenters. The molecule has 0 unspecified atom stereocenters. The minimum absolute atomic E-state index is 0.136. The molecule has 0 aliphatic rings. The summed E-state index contributed by atoms with van der Waals surface area (Å²) in [6.07, 6.45) is 0. The second-order valence-electron chi connectivity index (χ2n) is 5.10. The fraction of sp³-hybridized carbons (Fsp3) is 0.235. The van der Waals surface area contributed by atoms with Gasteiger partial charge in [-0.1, -0.05) is 6.07 Å². The zero-order valence-electron chi connectivity index (χ0n) is 13.4. The quantitative estimate of drug-likeness (QED) is 0.761. The van der Waals surface area contributed by atoms with Crippen LogP contribution in [0.4, 0.5) is 8.78 Å². The predicted octanol–water partition coefficient (Wildman–Crippen LogP) is 4.02. The van der Waals surface area contributed by atoms with Gasteiger partial charge in [0.15, 0.2) is 11.6 Å². The standard InChI is InChI=1S/C17H16BrF2NO3/c1-21(9-10-4-5-12(19)13(20)6-10)17(22)11-7-14(23-2)16(18)15(8-11)24-3/h4-8H,9H2,1-3H3. The molecule has 1 amide bonds. The number of halogens is 3. The van der Waals surface area contributed by atoms with Crippen molar-refractivity contribution in [3.8, 4) is 11.5 Å². The lowest BCUT2D eigenvalue weighted by atomic mass is 10.1. The third-order valence-electron chi connectivity index (χ3n) is 3.44. The summed E-state index contributed by atoms with van der Waals surface area (Å²) >= 11 is 3.34. The first-order valence-corrected chi connectivity index (χ1v) is 7.77. The number of benzene rings is 2. The van der Waals surface area contributed by atoms with E-state index in [2.05, 4.69) is 15.9 Å². The number of carbonyl (C=O) groups is 1. The first-order chi connectivity index (χ1) is 11.4. The summed E-state index contributed by atoms with van der Waals surface area (Å²) in [5.41, 5.74) is 0.845. The van der Waals surface area contributed by atoms with Crippen molar-refractivity contribution in [1.29, 1.82) is 0 Å². The molecule has 0 saturated carbocycles. The SMILES string of the molecule is COc1cc(C(=O)N(C)Cc2ccc(F)c(F)c2)cc(OC)c1Br. The van der Waals surface area contributed by atoms with Crippen LogP contribution >= 0.6 is 15.9 Å². The fourth-order valence-electron chi connectivity index (χ4n) is 2.20. The number of hydrogen-bond donors (Lipinski definition) is 0. The monoisotopic (exact) mass is 399 g/mol. The van der Waals surface area contributed by atoms with Crippen LogP contribution in [0.1, 0.15) is 15.9 Å². The molecule has 0 aromatic heterocycles. The van der Waals surface area contributed by atoms with Crippen LogP contribution in [0.3, 0.4) is 0 Å². The minimum atomic E-state index is -0.944. The highest BCUT2D eigenvalue weighted by Gasteiger charge is 2.18. The summed E-state index contributed by atoms with van der Waals surface area (Å²) in [5, 5.41) is 0. The molecule has 0 bridgehead atoms. The molecule has 4 nitrogen and oxygen atoms in total. The number of ether oxygens (including phenoxy) is 2. The summed E-state index contributed by atoms with van der Waals surface area (Å²) in [7, 11) is 4.54. The van der Waals surface area contributed by atoms with E-state index in [1.54, 1.807) is 19.2 Å². The van der Waals surface area contributed by atoms with Gasteiger partial charge in [-0.05, 0) is 45.8 Å². The van der Waals surface area contributed by atoms with Crippen molar-refractivity contribution in [2.24, 2.45) is 0 Å². The van der Waals surface area contributed by atoms with Gasteiger partial charge >= 0.3 is 0 Å². The van der Waals surface area contributed by atoms with Crippen LogP contribution in [0.25, 0.3) is 0 Å². The van der Waals surface area contributed by atoms with E-state index in [0.29, 0.717) is 27.1 Å². The van der Waals surface area contributed by atoms with E-state index in [1.165, 1.54) is 25.2 Å². The fourth-order valence-corrected chi connectivity index (χ4v) is 2.75. The van der Waals surface area contributed by atoms with Gasteiger partial charge in [-0.25, -0.2) is 8.78 Å². The molecule has 0 heterocycles. The van der Waals surface area contributed by atoms with Crippen molar-refractivity contribution >= 4 is 21.8 Å². The predicted molar refractivity (Wildman–Crippen MR) is 89.4 cm³/mol. The maximum atomic E-state index is 13.3. The molecule has 0 radical (unpaired) electrons. The van der Waals surface area contributed by atoms with Gasteiger partial charge in [0.2, 0.25) is 0 Å². The Bertz CT molecular complexity index is 742. The Labute approximate surface area is 147 Å². The highest BCUT2D eigenvalue weighted by Crippen LogP contribution is 2.35. The number of carbonyl (C=O) groups excluding carboxylic acids is 1. The van der Waals surface area contributed by atoms with Crippen LogP contribution in [0.15, 0.2) is 34.8 Å². The topological polar surface area (TPSA) is 38.8 Å². The Hall–Kier alpha value is -2.15. The molecule has 0 aliphatic heterocycles. The Morgan fingerprint density at radius 1 is 1.08 bits per heavy atom. The lowest BCUT2D eigenvalue weighted by Crippen LogP contribution is -2.26. The lowest BCUT2D eigenvalue weighted by molar-refractivity contribution is 0.0784. The lowest BCUT2D eigenvalue weighted by Gasteiger charge is -2.19. The van der Waals surface area contributed by atoms with E-state index in [0.717, 1.165) is 12.1 Å². The maximum Gasteiger partial charge on any atom is 0.254 e. The van der Waals surface area contributed by atoms with E-state index < -0.39 is 11.6 Å². The second kappa shape index (κ2) is 7.61. The normalized spacial score (nSPS) is 10.4. The number of nitrogens with zero attached hydrogens (tertiary/aromatic N) is 1. The van der Waals surface area contributed by atoms with E-state index in [9.17, 15) is 13.6 Å². The molecule has 24 heavy (non-hydrogen) atoms. The average molecular weight is 400 g/mol. The summed E-state index contributed by atoms with van der Waals surface area (Å²) in [5.74, 6) is -1.25. The summed E-state index contributed by atoms with van der Waals surface area (Å²) < 4.78 is 37.3. The van der Waals surface area contributed by atoms with Crippen molar-refractivity contribution < 1.29 is 23.0 Å². The number of methoxy groups -OCH3 is 2. The van der Waals surface area contributed by atoms with Crippen molar-refractivity contribution in [2.45, 2.75) is 6.54 Å². The van der Waals surface area contributed by atoms with Crippen LogP contribution in [0.2, 0.25) is 0 Å². The number of rotatable bonds is 5. The summed E-state index contributed by atoms with van der Waals surface area (Å²) in [4.78, 5) is 14.0. The average Bonchev–Trinajstić information content (AvgIpc) is 2.57. The van der Waals surface area contributed by atoms with Gasteiger partial charge in [0.05, 0.1) is 14.2 Å². The molecule has 0 N–H and O–H groups in total. The van der Waals surface area contributed by atoms with Crippen molar-refractivity contribution in [3.05, 3.63) is 57.6 Å². The molecule has 2 aromatic carbocycles. The van der Waals surface area contributed by atoms with Crippen LogP contribution in [0, 0.1) is 11.6 Å². The Morgan fingerprint density at radius 2 is 1.67 bits per heavy atom. The molecular formula is C17H16BrF2NO3. The van der Waals surface area contributed by atoms with Crippen molar-refractivity contribution in [3.63, 3.8) is 0 Å². The van der Waals surface area contributed by atoms with E-state index >= 15 is 0 Å². The molecule has 128 valence electrons. The largest absolute Gasteiger partial charge is 0.495 e. The summed E-state index contributed by atoms with van der Waals surface area (Å²) in [6, 6.07) is 6.70. The Balaban J connectivity index is 2.25. The van der Waals surface area contributed by atoms with Gasteiger partial charge in [-0.3, -0.25) is 4.79 Å². The highest BCUT2D eigenvalue weighted by atomic mass is 79.9. The van der Waals surface area contributed by atoms with Crippen LogP contribution in [-0.2, 0) is 6.54 Å². The maximum absolute atomic E-state index is 13.3. The van der Waals surface area contributed by atoms with Crippen LogP contribution in [-0.4, -0.2) is 32.1 Å². The molecule has 0 spiro atoms. The number of amides is 1. The van der Waals surface area contributed by atoms with Gasteiger partial charge in [0.25, 0.3) is 5.91 Å². The van der Waals surface area contributed by atoms with E-state index in [-0.39, 0.29) is 12.5 Å². The molecule has 2 aromatic rings. The first-order valence-electron chi connectivity index (χ1n) is 6.98. The van der Waals surface area contributed by atoms with Gasteiger partial charge < -0.3 is 14.4 Å². The van der Waals surface area contributed by atoms with Crippen LogP contribution < -0.4 is 9.47 Å². The molecule has 0 fully saturated rings. The van der Waals surface area contributed by atoms with Gasteiger partial charge in [-0.15, -0.1) is 0 Å². The Kier molecular flexibility index (Phi) is 5.77. The third-order valence-corrected chi connectivity index (χ3v) is 4.22. The first kappa shape index (κ1) is 18.2. The minimum Gasteiger partial charge on any atom is -0.495 e. The van der Waals surface area contributed by atoms with Gasteiger partial charge in [0.1, 0.15) is 16.0 Å². The molecule has 0 saturated heterocycles.